The van der Waals surface area contributed by atoms with Gasteiger partial charge in [0.25, 0.3) is 0 Å². The summed E-state index contributed by atoms with van der Waals surface area (Å²) in [6.07, 6.45) is 2.45. The number of benzene rings is 2. The Kier molecular flexibility index (Phi) is 7.78. The van der Waals surface area contributed by atoms with E-state index in [9.17, 15) is 19.2 Å². The third kappa shape index (κ3) is 5.75. The van der Waals surface area contributed by atoms with Crippen LogP contribution in [0, 0.1) is 6.92 Å². The molecular formula is C27H25N3O6S. The summed E-state index contributed by atoms with van der Waals surface area (Å²) < 4.78 is 10.4. The van der Waals surface area contributed by atoms with Gasteiger partial charge in [0.05, 0.1) is 23.9 Å². The lowest BCUT2D eigenvalue weighted by Crippen LogP contribution is -2.33. The van der Waals surface area contributed by atoms with Gasteiger partial charge in [-0.25, -0.2) is 15.0 Å². The lowest BCUT2D eigenvalue weighted by atomic mass is 10.1. The van der Waals surface area contributed by atoms with Gasteiger partial charge in [0, 0.05) is 10.4 Å². The number of carbonyl (C=O) groups is 4. The zero-order valence-corrected chi connectivity index (χ0v) is 21.4. The smallest absolute Gasteiger partial charge is 0.343 e. The molecule has 2 amide bonds. The first-order valence-corrected chi connectivity index (χ1v) is 12.4. The van der Waals surface area contributed by atoms with Gasteiger partial charge in [0.2, 0.25) is 0 Å². The summed E-state index contributed by atoms with van der Waals surface area (Å²) in [6, 6.07) is 13.8. The minimum absolute atomic E-state index is 0.254. The fourth-order valence-electron chi connectivity index (χ4n) is 4.00. The lowest BCUT2D eigenvalue weighted by Gasteiger charge is -2.10. The molecule has 10 heteroatoms. The second-order valence-corrected chi connectivity index (χ2v) is 9.51. The van der Waals surface area contributed by atoms with Crippen molar-refractivity contribution >= 4 is 45.8 Å². The summed E-state index contributed by atoms with van der Waals surface area (Å²) in [6.45, 7) is 3.48. The van der Waals surface area contributed by atoms with Gasteiger partial charge >= 0.3 is 23.8 Å². The summed E-state index contributed by atoms with van der Waals surface area (Å²) in [4.78, 5) is 50.9. The van der Waals surface area contributed by atoms with Crippen LogP contribution in [0.5, 0.6) is 5.75 Å². The van der Waals surface area contributed by atoms with E-state index in [-0.39, 0.29) is 10.8 Å². The van der Waals surface area contributed by atoms with Crippen molar-refractivity contribution in [2.45, 2.75) is 33.1 Å². The van der Waals surface area contributed by atoms with Gasteiger partial charge in [0.1, 0.15) is 10.8 Å². The molecule has 0 aliphatic heterocycles. The SMILES string of the molecule is COC(=O)c1c(NC(=O)C(=O)NN=C(C)c2ccccc2OC(=O)c2cccc(C)c2)sc2c1CCC2. The number of methoxy groups -OCH3 is 1. The van der Waals surface area contributed by atoms with E-state index in [1.807, 2.05) is 13.0 Å². The summed E-state index contributed by atoms with van der Waals surface area (Å²) >= 11 is 1.27. The number of nitrogens with zero attached hydrogens (tertiary/aromatic N) is 1. The highest BCUT2D eigenvalue weighted by Gasteiger charge is 2.29. The van der Waals surface area contributed by atoms with Gasteiger partial charge in [-0.05, 0) is 62.9 Å². The summed E-state index contributed by atoms with van der Waals surface area (Å²) in [5, 5.41) is 6.80. The van der Waals surface area contributed by atoms with Crippen molar-refractivity contribution in [2.75, 3.05) is 12.4 Å². The average molecular weight is 520 g/mol. The first kappa shape index (κ1) is 25.8. The number of amides is 2. The molecule has 0 radical (unpaired) electrons. The van der Waals surface area contributed by atoms with Crippen molar-refractivity contribution in [3.8, 4) is 5.75 Å². The van der Waals surface area contributed by atoms with E-state index in [0.29, 0.717) is 22.4 Å². The Balaban J connectivity index is 1.45. The average Bonchev–Trinajstić information content (AvgIpc) is 3.47. The molecule has 0 saturated heterocycles. The third-order valence-electron chi connectivity index (χ3n) is 5.80. The number of esters is 2. The van der Waals surface area contributed by atoms with Crippen LogP contribution in [0.1, 0.15) is 55.6 Å². The quantitative estimate of drug-likeness (QED) is 0.167. The molecule has 0 spiro atoms. The fourth-order valence-corrected chi connectivity index (χ4v) is 5.27. The number of hydrogen-bond donors (Lipinski definition) is 2. The van der Waals surface area contributed by atoms with Crippen LogP contribution < -0.4 is 15.5 Å². The molecule has 0 saturated carbocycles. The Hall–Kier alpha value is -4.31. The molecule has 190 valence electrons. The molecule has 0 atom stereocenters. The molecular weight excluding hydrogens is 494 g/mol. The van der Waals surface area contributed by atoms with Crippen LogP contribution in [0.4, 0.5) is 5.00 Å². The van der Waals surface area contributed by atoms with Crippen molar-refractivity contribution in [1.82, 2.24) is 5.43 Å². The molecule has 1 aromatic heterocycles. The van der Waals surface area contributed by atoms with Crippen LogP contribution in [0.15, 0.2) is 53.6 Å². The van der Waals surface area contributed by atoms with E-state index in [4.69, 9.17) is 9.47 Å². The number of nitrogens with one attached hydrogen (secondary N) is 2. The van der Waals surface area contributed by atoms with Crippen LogP contribution >= 0.6 is 11.3 Å². The molecule has 1 aliphatic rings. The molecule has 9 nitrogen and oxygen atoms in total. The predicted molar refractivity (Wildman–Crippen MR) is 139 cm³/mol. The molecule has 2 N–H and O–H groups in total. The zero-order chi connectivity index (χ0) is 26.5. The zero-order valence-electron chi connectivity index (χ0n) is 20.5. The molecule has 37 heavy (non-hydrogen) atoms. The highest BCUT2D eigenvalue weighted by atomic mass is 32.1. The maximum absolute atomic E-state index is 12.6. The summed E-state index contributed by atoms with van der Waals surface area (Å²) in [7, 11) is 1.27. The monoisotopic (exact) mass is 519 g/mol. The first-order chi connectivity index (χ1) is 17.8. The van der Waals surface area contributed by atoms with Crippen molar-refractivity contribution < 1.29 is 28.7 Å². The van der Waals surface area contributed by atoms with E-state index < -0.39 is 23.8 Å². The summed E-state index contributed by atoms with van der Waals surface area (Å²) in [5.41, 5.74) is 5.48. The molecule has 0 fully saturated rings. The van der Waals surface area contributed by atoms with Crippen LogP contribution in [0.2, 0.25) is 0 Å². The number of carbonyl (C=O) groups excluding carboxylic acids is 4. The van der Waals surface area contributed by atoms with Crippen molar-refractivity contribution in [3.05, 3.63) is 81.2 Å². The lowest BCUT2D eigenvalue weighted by molar-refractivity contribution is -0.136. The van der Waals surface area contributed by atoms with E-state index in [1.165, 1.54) is 18.4 Å². The Labute approximate surface area is 217 Å². The number of hydrogen-bond acceptors (Lipinski definition) is 8. The number of ether oxygens (including phenoxy) is 2. The van der Waals surface area contributed by atoms with E-state index >= 15 is 0 Å². The topological polar surface area (TPSA) is 123 Å². The third-order valence-corrected chi connectivity index (χ3v) is 7.01. The van der Waals surface area contributed by atoms with Crippen LogP contribution in [-0.2, 0) is 27.2 Å². The number of thiophene rings is 1. The minimum Gasteiger partial charge on any atom is -0.465 e. The second kappa shape index (κ2) is 11.2. The van der Waals surface area contributed by atoms with Crippen molar-refractivity contribution in [3.63, 3.8) is 0 Å². The second-order valence-electron chi connectivity index (χ2n) is 8.40. The van der Waals surface area contributed by atoms with Gasteiger partial charge in [-0.15, -0.1) is 11.3 Å². The largest absolute Gasteiger partial charge is 0.465 e. The standard InChI is InChI=1S/C27H25N3O6S/c1-15-8-6-9-17(14-15)26(33)36-20-12-5-4-10-18(20)16(2)29-30-24(32)23(31)28-25-22(27(34)35-3)19-11-7-13-21(19)37-25/h4-6,8-10,12,14H,7,11,13H2,1-3H3,(H,28,31)(H,30,32). The van der Waals surface area contributed by atoms with E-state index in [0.717, 1.165) is 35.3 Å². The van der Waals surface area contributed by atoms with Gasteiger partial charge in [0.15, 0.2) is 0 Å². The van der Waals surface area contributed by atoms with Crippen molar-refractivity contribution in [2.24, 2.45) is 5.10 Å². The number of rotatable bonds is 6. The molecule has 2 aromatic carbocycles. The maximum Gasteiger partial charge on any atom is 0.343 e. The van der Waals surface area contributed by atoms with Gasteiger partial charge in [-0.1, -0.05) is 29.8 Å². The fraction of sp³-hybridized carbons (Fsp3) is 0.222. The maximum atomic E-state index is 12.6. The Morgan fingerprint density at radius 1 is 0.973 bits per heavy atom. The molecule has 4 rings (SSSR count). The normalized spacial score (nSPS) is 12.5. The van der Waals surface area contributed by atoms with Crippen LogP contribution in [0.3, 0.4) is 0 Å². The highest BCUT2D eigenvalue weighted by Crippen LogP contribution is 2.39. The van der Waals surface area contributed by atoms with Gasteiger partial charge in [-0.3, -0.25) is 9.59 Å². The van der Waals surface area contributed by atoms with Crippen LogP contribution in [0.25, 0.3) is 0 Å². The van der Waals surface area contributed by atoms with Crippen LogP contribution in [-0.4, -0.2) is 36.6 Å². The Bertz CT molecular complexity index is 1430. The Morgan fingerprint density at radius 2 is 1.76 bits per heavy atom. The van der Waals surface area contributed by atoms with E-state index in [2.05, 4.69) is 15.8 Å². The highest BCUT2D eigenvalue weighted by molar-refractivity contribution is 7.17. The molecule has 3 aromatic rings. The first-order valence-electron chi connectivity index (χ1n) is 11.5. The molecule has 1 aliphatic carbocycles. The van der Waals surface area contributed by atoms with E-state index in [1.54, 1.807) is 49.4 Å². The summed E-state index contributed by atoms with van der Waals surface area (Å²) in [5.74, 6) is -2.82. The number of anilines is 1. The predicted octanol–water partition coefficient (Wildman–Crippen LogP) is 4.03. The minimum atomic E-state index is -1.02. The molecule has 0 bridgehead atoms. The number of hydrazone groups is 1. The number of aryl methyl sites for hydroxylation is 2. The number of fused-ring (bicyclic) bond motifs is 1. The van der Waals surface area contributed by atoms with Gasteiger partial charge in [-0.2, -0.15) is 5.10 Å². The Morgan fingerprint density at radius 3 is 2.51 bits per heavy atom. The molecule has 0 unspecified atom stereocenters. The molecule has 1 heterocycles. The number of para-hydroxylation sites is 1. The van der Waals surface area contributed by atoms with Gasteiger partial charge < -0.3 is 14.8 Å². The van der Waals surface area contributed by atoms with Crippen molar-refractivity contribution in [1.29, 1.82) is 0 Å².